The molecule has 1 amide bonds. The number of aryl methyl sites for hydroxylation is 2. The molecule has 8 nitrogen and oxygen atoms in total. The minimum Gasteiger partial charge on any atom is -0.489 e. The second kappa shape index (κ2) is 10.8. The highest BCUT2D eigenvalue weighted by Gasteiger charge is 2.12. The van der Waals surface area contributed by atoms with E-state index in [-0.39, 0.29) is 12.2 Å². The van der Waals surface area contributed by atoms with Crippen molar-refractivity contribution in [3.63, 3.8) is 0 Å². The number of carbonyl (C=O) groups is 2. The van der Waals surface area contributed by atoms with Gasteiger partial charge in [0.05, 0.1) is 23.4 Å². The van der Waals surface area contributed by atoms with E-state index in [1.165, 1.54) is 6.08 Å². The number of amides is 1. The number of esters is 1. The number of nitrogens with zero attached hydrogens (tertiary/aromatic N) is 2. The smallest absolute Gasteiger partial charge is 0.338 e. The first-order valence-electron chi connectivity index (χ1n) is 10.3. The van der Waals surface area contributed by atoms with Gasteiger partial charge in [-0.2, -0.15) is 5.26 Å². The Hall–Kier alpha value is -4.38. The number of benzene rings is 2. The van der Waals surface area contributed by atoms with E-state index in [2.05, 4.69) is 10.5 Å². The number of nitrogens with one attached hydrogen (secondary N) is 1. The van der Waals surface area contributed by atoms with Crippen molar-refractivity contribution in [1.82, 2.24) is 5.16 Å². The third-order valence-corrected chi connectivity index (χ3v) is 4.77. The van der Waals surface area contributed by atoms with Crippen LogP contribution >= 0.6 is 0 Å². The van der Waals surface area contributed by atoms with Crippen LogP contribution in [-0.2, 0) is 16.1 Å². The van der Waals surface area contributed by atoms with Gasteiger partial charge in [0.1, 0.15) is 29.8 Å². The van der Waals surface area contributed by atoms with E-state index in [9.17, 15) is 14.9 Å². The molecule has 0 saturated carbocycles. The van der Waals surface area contributed by atoms with Gasteiger partial charge in [0, 0.05) is 5.69 Å². The van der Waals surface area contributed by atoms with Crippen molar-refractivity contribution in [2.24, 2.45) is 0 Å². The lowest BCUT2D eigenvalue weighted by Crippen LogP contribution is -2.13. The van der Waals surface area contributed by atoms with E-state index in [0.717, 1.165) is 11.3 Å². The van der Waals surface area contributed by atoms with Gasteiger partial charge in [0.2, 0.25) is 0 Å². The quantitative estimate of drug-likeness (QED) is 0.306. The van der Waals surface area contributed by atoms with Gasteiger partial charge in [-0.25, -0.2) is 4.79 Å². The molecule has 1 N–H and O–H groups in total. The molecule has 0 spiro atoms. The molecule has 0 atom stereocenters. The van der Waals surface area contributed by atoms with Gasteiger partial charge in [-0.1, -0.05) is 17.3 Å². The van der Waals surface area contributed by atoms with Gasteiger partial charge in [0.15, 0.2) is 0 Å². The van der Waals surface area contributed by atoms with Crippen molar-refractivity contribution in [3.05, 3.63) is 82.2 Å². The molecule has 0 fully saturated rings. The minimum absolute atomic E-state index is 0.0612. The summed E-state index contributed by atoms with van der Waals surface area (Å²) < 4.78 is 15.8. The number of anilines is 1. The molecule has 0 radical (unpaired) electrons. The van der Waals surface area contributed by atoms with Crippen molar-refractivity contribution < 1.29 is 23.6 Å². The van der Waals surface area contributed by atoms with Crippen LogP contribution < -0.4 is 10.1 Å². The molecule has 2 aromatic carbocycles. The predicted molar refractivity (Wildman–Crippen MR) is 121 cm³/mol. The van der Waals surface area contributed by atoms with E-state index >= 15 is 0 Å². The van der Waals surface area contributed by atoms with E-state index in [0.29, 0.717) is 34.9 Å². The number of rotatable bonds is 8. The molecule has 0 aliphatic carbocycles. The summed E-state index contributed by atoms with van der Waals surface area (Å²) >= 11 is 0. The zero-order chi connectivity index (χ0) is 23.8. The molecule has 3 aromatic rings. The molecule has 1 heterocycles. The standard InChI is InChI=1S/C25H23N3O5/c1-4-31-25(30)19-7-9-21(10-8-19)27-24(29)20(14-26)13-18-5-11-22(12-6-18)32-15-23-16(2)28-33-17(23)3/h5-13H,4,15H2,1-3H3,(H,27,29)/b20-13+. The van der Waals surface area contributed by atoms with Gasteiger partial charge in [-0.3, -0.25) is 4.79 Å². The summed E-state index contributed by atoms with van der Waals surface area (Å²) in [5.41, 5.74) is 3.13. The number of carbonyl (C=O) groups excluding carboxylic acids is 2. The highest BCUT2D eigenvalue weighted by molar-refractivity contribution is 6.09. The number of hydrogen-bond acceptors (Lipinski definition) is 7. The Balaban J connectivity index is 1.63. The Kier molecular flexibility index (Phi) is 7.60. The fourth-order valence-corrected chi connectivity index (χ4v) is 2.94. The van der Waals surface area contributed by atoms with Crippen LogP contribution in [0.2, 0.25) is 0 Å². The van der Waals surface area contributed by atoms with Crippen molar-refractivity contribution >= 4 is 23.6 Å². The second-order valence-electron chi connectivity index (χ2n) is 7.08. The molecule has 3 rings (SSSR count). The van der Waals surface area contributed by atoms with Crippen LogP contribution in [0, 0.1) is 25.2 Å². The molecule has 168 valence electrons. The Morgan fingerprint density at radius 2 is 1.82 bits per heavy atom. The molecule has 0 bridgehead atoms. The Morgan fingerprint density at radius 3 is 2.39 bits per heavy atom. The average molecular weight is 445 g/mol. The van der Waals surface area contributed by atoms with Crippen molar-refractivity contribution in [2.75, 3.05) is 11.9 Å². The maximum Gasteiger partial charge on any atom is 0.338 e. The van der Waals surface area contributed by atoms with Gasteiger partial charge < -0.3 is 19.3 Å². The first-order valence-corrected chi connectivity index (χ1v) is 10.3. The van der Waals surface area contributed by atoms with Crippen molar-refractivity contribution in [2.45, 2.75) is 27.4 Å². The molecule has 0 aliphatic rings. The summed E-state index contributed by atoms with van der Waals surface area (Å²) in [5.74, 6) is 0.358. The molecule has 0 unspecified atom stereocenters. The van der Waals surface area contributed by atoms with Crippen LogP contribution in [0.5, 0.6) is 5.75 Å². The van der Waals surface area contributed by atoms with E-state index in [1.54, 1.807) is 55.5 Å². The molecule has 0 aliphatic heterocycles. The monoisotopic (exact) mass is 445 g/mol. The van der Waals surface area contributed by atoms with Crippen molar-refractivity contribution in [1.29, 1.82) is 5.26 Å². The Labute approximate surface area is 191 Å². The summed E-state index contributed by atoms with van der Waals surface area (Å²) in [6.07, 6.45) is 1.49. The Morgan fingerprint density at radius 1 is 1.12 bits per heavy atom. The molecule has 0 saturated heterocycles. The highest BCUT2D eigenvalue weighted by atomic mass is 16.5. The average Bonchev–Trinajstić information content (AvgIpc) is 3.14. The SMILES string of the molecule is CCOC(=O)c1ccc(NC(=O)/C(C#N)=C/c2ccc(OCc3c(C)noc3C)cc2)cc1. The highest BCUT2D eigenvalue weighted by Crippen LogP contribution is 2.19. The third kappa shape index (κ3) is 6.08. The van der Waals surface area contributed by atoms with Crippen LogP contribution in [0.4, 0.5) is 5.69 Å². The maximum atomic E-state index is 12.5. The van der Waals surface area contributed by atoms with Crippen LogP contribution in [0.25, 0.3) is 6.08 Å². The topological polar surface area (TPSA) is 114 Å². The molecular formula is C25H23N3O5. The number of nitriles is 1. The second-order valence-corrected chi connectivity index (χ2v) is 7.08. The van der Waals surface area contributed by atoms with Crippen LogP contribution in [0.3, 0.4) is 0 Å². The first-order chi connectivity index (χ1) is 15.9. The van der Waals surface area contributed by atoms with Crippen molar-refractivity contribution in [3.8, 4) is 11.8 Å². The maximum absolute atomic E-state index is 12.5. The summed E-state index contributed by atoms with van der Waals surface area (Å²) in [5, 5.41) is 16.0. The molecular weight excluding hydrogens is 422 g/mol. The van der Waals surface area contributed by atoms with Gasteiger partial charge in [-0.15, -0.1) is 0 Å². The van der Waals surface area contributed by atoms with Gasteiger partial charge in [-0.05, 0) is 68.8 Å². The Bertz CT molecular complexity index is 1180. The van der Waals surface area contributed by atoms with Crippen LogP contribution in [0.1, 0.15) is 39.9 Å². The third-order valence-electron chi connectivity index (χ3n) is 4.77. The normalized spacial score (nSPS) is 10.9. The van der Waals surface area contributed by atoms with Crippen LogP contribution in [-0.4, -0.2) is 23.6 Å². The fourth-order valence-electron chi connectivity index (χ4n) is 2.94. The van der Waals surface area contributed by atoms with Gasteiger partial charge >= 0.3 is 5.97 Å². The summed E-state index contributed by atoms with van der Waals surface area (Å²) in [6, 6.07) is 15.2. The molecule has 1 aromatic heterocycles. The lowest BCUT2D eigenvalue weighted by atomic mass is 10.1. The van der Waals surface area contributed by atoms with E-state index < -0.39 is 11.9 Å². The molecule has 8 heteroatoms. The van der Waals surface area contributed by atoms with Gasteiger partial charge in [0.25, 0.3) is 5.91 Å². The lowest BCUT2D eigenvalue weighted by molar-refractivity contribution is -0.112. The summed E-state index contributed by atoms with van der Waals surface area (Å²) in [7, 11) is 0. The number of hydrogen-bond donors (Lipinski definition) is 1. The summed E-state index contributed by atoms with van der Waals surface area (Å²) in [4.78, 5) is 24.2. The van der Waals surface area contributed by atoms with E-state index in [4.69, 9.17) is 14.0 Å². The fraction of sp³-hybridized carbons (Fsp3) is 0.200. The zero-order valence-electron chi connectivity index (χ0n) is 18.5. The van der Waals surface area contributed by atoms with E-state index in [1.807, 2.05) is 19.9 Å². The zero-order valence-corrected chi connectivity index (χ0v) is 18.5. The van der Waals surface area contributed by atoms with Crippen LogP contribution in [0.15, 0.2) is 58.6 Å². The number of ether oxygens (including phenoxy) is 2. The predicted octanol–water partition coefficient (Wildman–Crippen LogP) is 4.59. The molecule has 33 heavy (non-hydrogen) atoms. The minimum atomic E-state index is -0.555. The largest absolute Gasteiger partial charge is 0.489 e. The lowest BCUT2D eigenvalue weighted by Gasteiger charge is -2.07. The summed E-state index contributed by atoms with van der Waals surface area (Å²) in [6.45, 7) is 6.02. The first kappa shape index (κ1) is 23.3. The number of aromatic nitrogens is 1.